The number of carbonyl (C=O) groups is 1. The summed E-state index contributed by atoms with van der Waals surface area (Å²) in [5.74, 6) is 0.0978. The Bertz CT molecular complexity index is 942. The monoisotopic (exact) mass is 346 g/mol. The zero-order chi connectivity index (χ0) is 17.9. The van der Waals surface area contributed by atoms with Crippen LogP contribution >= 0.6 is 0 Å². The molecule has 0 spiro atoms. The van der Waals surface area contributed by atoms with Gasteiger partial charge in [0, 0.05) is 30.1 Å². The second kappa shape index (κ2) is 7.12. The summed E-state index contributed by atoms with van der Waals surface area (Å²) in [7, 11) is 0. The van der Waals surface area contributed by atoms with Gasteiger partial charge in [0.15, 0.2) is 5.65 Å². The fourth-order valence-corrected chi connectivity index (χ4v) is 3.46. The first kappa shape index (κ1) is 16.5. The van der Waals surface area contributed by atoms with Crippen molar-refractivity contribution < 1.29 is 4.79 Å². The van der Waals surface area contributed by atoms with Crippen LogP contribution in [0.25, 0.3) is 16.8 Å². The number of benzene rings is 1. The standard InChI is InChI=1S/C21H22N4O/c1-2-3-6-18-7-4-13-24(18)21(26)17-10-8-16(9-11-17)19-15-23-25-14-5-12-22-20(19)25/h4-5,7-12,14-15,18H,2-3,6,13H2,1H3. The van der Waals surface area contributed by atoms with Gasteiger partial charge in [0.1, 0.15) is 0 Å². The quantitative estimate of drug-likeness (QED) is 0.657. The molecule has 0 N–H and O–H groups in total. The minimum atomic E-state index is 0.0978. The summed E-state index contributed by atoms with van der Waals surface area (Å²) >= 11 is 0. The van der Waals surface area contributed by atoms with Crippen LogP contribution in [0.1, 0.15) is 36.5 Å². The normalized spacial score (nSPS) is 16.5. The number of amides is 1. The molecule has 1 aromatic carbocycles. The van der Waals surface area contributed by atoms with Gasteiger partial charge in [0.25, 0.3) is 5.91 Å². The van der Waals surface area contributed by atoms with E-state index in [9.17, 15) is 4.79 Å². The number of rotatable bonds is 5. The molecular weight excluding hydrogens is 324 g/mol. The van der Waals surface area contributed by atoms with E-state index in [1.165, 1.54) is 0 Å². The first-order valence-electron chi connectivity index (χ1n) is 9.14. The van der Waals surface area contributed by atoms with Gasteiger partial charge in [0.2, 0.25) is 0 Å². The number of nitrogens with zero attached hydrogens (tertiary/aromatic N) is 4. The van der Waals surface area contributed by atoms with E-state index in [1.54, 1.807) is 10.7 Å². The van der Waals surface area contributed by atoms with Crippen LogP contribution in [-0.4, -0.2) is 38.0 Å². The number of hydrogen-bond donors (Lipinski definition) is 0. The molecule has 5 heteroatoms. The highest BCUT2D eigenvalue weighted by Gasteiger charge is 2.25. The zero-order valence-corrected chi connectivity index (χ0v) is 14.9. The minimum absolute atomic E-state index is 0.0978. The van der Waals surface area contributed by atoms with Gasteiger partial charge in [-0.1, -0.05) is 44.1 Å². The summed E-state index contributed by atoms with van der Waals surface area (Å²) in [6.07, 6.45) is 13.0. The molecule has 1 atom stereocenters. The van der Waals surface area contributed by atoms with Crippen LogP contribution in [0, 0.1) is 0 Å². The average Bonchev–Trinajstić information content (AvgIpc) is 3.33. The lowest BCUT2D eigenvalue weighted by Crippen LogP contribution is -2.36. The third kappa shape index (κ3) is 3.01. The Morgan fingerprint density at radius 3 is 2.92 bits per heavy atom. The molecule has 0 radical (unpaired) electrons. The molecule has 26 heavy (non-hydrogen) atoms. The Kier molecular flexibility index (Phi) is 4.52. The molecule has 1 amide bonds. The molecule has 3 aromatic rings. The van der Waals surface area contributed by atoms with Crippen molar-refractivity contribution in [2.75, 3.05) is 6.54 Å². The Morgan fingerprint density at radius 1 is 1.27 bits per heavy atom. The predicted molar refractivity (Wildman–Crippen MR) is 102 cm³/mol. The molecule has 0 fully saturated rings. The largest absolute Gasteiger partial charge is 0.328 e. The molecule has 3 heterocycles. The molecule has 5 nitrogen and oxygen atoms in total. The number of fused-ring (bicyclic) bond motifs is 1. The highest BCUT2D eigenvalue weighted by Crippen LogP contribution is 2.25. The first-order chi connectivity index (χ1) is 12.8. The summed E-state index contributed by atoms with van der Waals surface area (Å²) in [5.41, 5.74) is 3.52. The van der Waals surface area contributed by atoms with E-state index in [2.05, 4.69) is 29.2 Å². The van der Waals surface area contributed by atoms with Crippen LogP contribution < -0.4 is 0 Å². The highest BCUT2D eigenvalue weighted by atomic mass is 16.2. The molecule has 1 aliphatic rings. The molecule has 132 valence electrons. The maximum absolute atomic E-state index is 12.9. The summed E-state index contributed by atoms with van der Waals surface area (Å²) in [5, 5.41) is 4.32. The van der Waals surface area contributed by atoms with Gasteiger partial charge in [-0.25, -0.2) is 9.50 Å². The first-order valence-corrected chi connectivity index (χ1v) is 9.14. The van der Waals surface area contributed by atoms with Crippen molar-refractivity contribution in [3.05, 3.63) is 66.6 Å². The maximum atomic E-state index is 12.9. The molecule has 2 aromatic heterocycles. The average molecular weight is 346 g/mol. The molecule has 0 bridgehead atoms. The van der Waals surface area contributed by atoms with E-state index < -0.39 is 0 Å². The third-order valence-corrected chi connectivity index (χ3v) is 4.90. The molecular formula is C21H22N4O. The summed E-state index contributed by atoms with van der Waals surface area (Å²) in [6, 6.07) is 9.84. The molecule has 0 saturated heterocycles. The van der Waals surface area contributed by atoms with Crippen molar-refractivity contribution >= 4 is 11.6 Å². The summed E-state index contributed by atoms with van der Waals surface area (Å²) in [6.45, 7) is 2.88. The second-order valence-electron chi connectivity index (χ2n) is 6.62. The predicted octanol–water partition coefficient (Wildman–Crippen LogP) is 3.97. The van der Waals surface area contributed by atoms with Crippen LogP contribution in [0.3, 0.4) is 0 Å². The van der Waals surface area contributed by atoms with Gasteiger partial charge in [-0.3, -0.25) is 4.79 Å². The van der Waals surface area contributed by atoms with Crippen molar-refractivity contribution in [3.63, 3.8) is 0 Å². The lowest BCUT2D eigenvalue weighted by atomic mass is 10.0. The van der Waals surface area contributed by atoms with Crippen LogP contribution in [0.4, 0.5) is 0 Å². The topological polar surface area (TPSA) is 50.5 Å². The van der Waals surface area contributed by atoms with E-state index >= 15 is 0 Å². The van der Waals surface area contributed by atoms with E-state index in [-0.39, 0.29) is 11.9 Å². The van der Waals surface area contributed by atoms with Gasteiger partial charge < -0.3 is 4.90 Å². The Balaban J connectivity index is 1.55. The maximum Gasteiger partial charge on any atom is 0.254 e. The summed E-state index contributed by atoms with van der Waals surface area (Å²) in [4.78, 5) is 19.2. The molecule has 0 saturated carbocycles. The lowest BCUT2D eigenvalue weighted by molar-refractivity contribution is 0.0743. The van der Waals surface area contributed by atoms with Crippen LogP contribution in [-0.2, 0) is 0 Å². The van der Waals surface area contributed by atoms with Gasteiger partial charge >= 0.3 is 0 Å². The Hall–Kier alpha value is -2.95. The second-order valence-corrected chi connectivity index (χ2v) is 6.62. The fourth-order valence-electron chi connectivity index (χ4n) is 3.46. The van der Waals surface area contributed by atoms with E-state index in [0.717, 1.165) is 41.6 Å². The van der Waals surface area contributed by atoms with E-state index in [0.29, 0.717) is 6.54 Å². The van der Waals surface area contributed by atoms with Crippen molar-refractivity contribution in [1.82, 2.24) is 19.5 Å². The number of aromatic nitrogens is 3. The summed E-state index contributed by atoms with van der Waals surface area (Å²) < 4.78 is 1.75. The third-order valence-electron chi connectivity index (χ3n) is 4.90. The Labute approximate surface area is 153 Å². The van der Waals surface area contributed by atoms with E-state index in [4.69, 9.17) is 0 Å². The smallest absolute Gasteiger partial charge is 0.254 e. The number of unbranched alkanes of at least 4 members (excludes halogenated alkanes) is 1. The molecule has 4 rings (SSSR count). The minimum Gasteiger partial charge on any atom is -0.328 e. The van der Waals surface area contributed by atoms with Gasteiger partial charge in [-0.2, -0.15) is 5.10 Å². The SMILES string of the molecule is CCCCC1C=CCN1C(=O)c1ccc(-c2cnn3cccnc23)cc1. The van der Waals surface area contributed by atoms with Crippen molar-refractivity contribution in [2.24, 2.45) is 0 Å². The van der Waals surface area contributed by atoms with Crippen molar-refractivity contribution in [1.29, 1.82) is 0 Å². The van der Waals surface area contributed by atoms with Crippen LogP contribution in [0.2, 0.25) is 0 Å². The Morgan fingerprint density at radius 2 is 2.12 bits per heavy atom. The van der Waals surface area contributed by atoms with E-state index in [1.807, 2.05) is 47.6 Å². The fraction of sp³-hybridized carbons (Fsp3) is 0.286. The molecule has 1 unspecified atom stereocenters. The van der Waals surface area contributed by atoms with Crippen LogP contribution in [0.15, 0.2) is 61.1 Å². The van der Waals surface area contributed by atoms with Gasteiger partial charge in [0.05, 0.1) is 12.2 Å². The van der Waals surface area contributed by atoms with Gasteiger partial charge in [-0.15, -0.1) is 0 Å². The molecule has 0 aliphatic carbocycles. The highest BCUT2D eigenvalue weighted by molar-refractivity contribution is 5.95. The number of carbonyl (C=O) groups excluding carboxylic acids is 1. The van der Waals surface area contributed by atoms with Crippen molar-refractivity contribution in [2.45, 2.75) is 32.2 Å². The number of hydrogen-bond acceptors (Lipinski definition) is 3. The van der Waals surface area contributed by atoms with Gasteiger partial charge in [-0.05, 0) is 30.2 Å². The zero-order valence-electron chi connectivity index (χ0n) is 14.9. The van der Waals surface area contributed by atoms with Crippen LogP contribution in [0.5, 0.6) is 0 Å². The van der Waals surface area contributed by atoms with Crippen molar-refractivity contribution in [3.8, 4) is 11.1 Å². The molecule has 1 aliphatic heterocycles. The lowest BCUT2D eigenvalue weighted by Gasteiger charge is -2.24.